The van der Waals surface area contributed by atoms with Crippen LogP contribution in [0, 0.1) is 5.82 Å². The standard InChI is InChI=1S/C17H13FN6OS2/c18-13-5-3-12(4-6-13)14-9-26-16(20-14)21-15(25)10-27-17-22-19-11-24(17)23-7-1-2-8-23/h1-9,11H,10H2,(H,20,21,25). The minimum atomic E-state index is -0.299. The van der Waals surface area contributed by atoms with E-state index in [9.17, 15) is 9.18 Å². The van der Waals surface area contributed by atoms with E-state index in [0.717, 1.165) is 5.56 Å². The number of nitrogens with zero attached hydrogens (tertiary/aromatic N) is 5. The number of thioether (sulfide) groups is 1. The first-order valence-corrected chi connectivity index (χ1v) is 9.73. The van der Waals surface area contributed by atoms with E-state index in [4.69, 9.17) is 0 Å². The molecule has 0 spiro atoms. The van der Waals surface area contributed by atoms with Crippen molar-refractivity contribution >= 4 is 34.1 Å². The highest BCUT2D eigenvalue weighted by Crippen LogP contribution is 2.25. The van der Waals surface area contributed by atoms with Gasteiger partial charge in [-0.1, -0.05) is 11.8 Å². The lowest BCUT2D eigenvalue weighted by atomic mass is 10.2. The van der Waals surface area contributed by atoms with Gasteiger partial charge in [-0.05, 0) is 36.4 Å². The maximum absolute atomic E-state index is 13.0. The second kappa shape index (κ2) is 7.72. The number of carbonyl (C=O) groups excluding carboxylic acids is 1. The SMILES string of the molecule is O=C(CSc1nncn1-n1cccc1)Nc1nc(-c2ccc(F)cc2)cs1. The first kappa shape index (κ1) is 17.4. The van der Waals surface area contributed by atoms with Crippen molar-refractivity contribution in [2.45, 2.75) is 5.16 Å². The van der Waals surface area contributed by atoms with Crippen molar-refractivity contribution in [3.63, 3.8) is 0 Å². The van der Waals surface area contributed by atoms with Crippen LogP contribution in [0.15, 0.2) is 65.7 Å². The Hall–Kier alpha value is -2.98. The van der Waals surface area contributed by atoms with Gasteiger partial charge in [0.15, 0.2) is 5.13 Å². The Labute approximate surface area is 161 Å². The van der Waals surface area contributed by atoms with Crippen molar-refractivity contribution < 1.29 is 9.18 Å². The lowest BCUT2D eigenvalue weighted by Crippen LogP contribution is -2.15. The summed E-state index contributed by atoms with van der Waals surface area (Å²) >= 11 is 2.59. The van der Waals surface area contributed by atoms with Gasteiger partial charge in [0.05, 0.1) is 11.4 Å². The third-order valence-corrected chi connectivity index (χ3v) is 5.25. The molecule has 0 bridgehead atoms. The van der Waals surface area contributed by atoms with Gasteiger partial charge in [-0.15, -0.1) is 21.5 Å². The van der Waals surface area contributed by atoms with E-state index >= 15 is 0 Å². The van der Waals surface area contributed by atoms with Crippen molar-refractivity contribution in [3.05, 3.63) is 66.3 Å². The second-order valence-electron chi connectivity index (χ2n) is 5.40. The highest BCUT2D eigenvalue weighted by Gasteiger charge is 2.12. The molecule has 10 heteroatoms. The molecule has 0 fully saturated rings. The van der Waals surface area contributed by atoms with Crippen molar-refractivity contribution in [2.75, 3.05) is 11.1 Å². The van der Waals surface area contributed by atoms with Crippen molar-refractivity contribution in [2.24, 2.45) is 0 Å². The van der Waals surface area contributed by atoms with Gasteiger partial charge in [0.25, 0.3) is 0 Å². The summed E-state index contributed by atoms with van der Waals surface area (Å²) in [5.74, 6) is -0.319. The molecule has 4 aromatic rings. The normalized spacial score (nSPS) is 10.9. The molecule has 1 aromatic carbocycles. The second-order valence-corrected chi connectivity index (χ2v) is 7.20. The van der Waals surface area contributed by atoms with Crippen LogP contribution >= 0.6 is 23.1 Å². The third kappa shape index (κ3) is 4.07. The Morgan fingerprint density at radius 3 is 2.78 bits per heavy atom. The number of carbonyl (C=O) groups is 1. The fourth-order valence-electron chi connectivity index (χ4n) is 2.31. The summed E-state index contributed by atoms with van der Waals surface area (Å²) in [6.45, 7) is 0. The van der Waals surface area contributed by atoms with Crippen LogP contribution in [0.25, 0.3) is 11.3 Å². The van der Waals surface area contributed by atoms with Crippen LogP contribution in [0.1, 0.15) is 0 Å². The topological polar surface area (TPSA) is 77.6 Å². The van der Waals surface area contributed by atoms with Gasteiger partial charge in [-0.2, -0.15) is 0 Å². The molecule has 136 valence electrons. The number of anilines is 1. The lowest BCUT2D eigenvalue weighted by Gasteiger charge is -2.06. The minimum absolute atomic E-state index is 0.172. The number of benzene rings is 1. The molecule has 27 heavy (non-hydrogen) atoms. The Bertz CT molecular complexity index is 1040. The molecule has 0 aliphatic carbocycles. The number of rotatable bonds is 6. The molecule has 0 saturated carbocycles. The van der Waals surface area contributed by atoms with Crippen LogP contribution in [0.4, 0.5) is 9.52 Å². The fourth-order valence-corrected chi connectivity index (χ4v) is 3.76. The van der Waals surface area contributed by atoms with Gasteiger partial charge >= 0.3 is 0 Å². The zero-order valence-electron chi connectivity index (χ0n) is 13.8. The minimum Gasteiger partial charge on any atom is -0.301 e. The summed E-state index contributed by atoms with van der Waals surface area (Å²) in [6, 6.07) is 9.85. The van der Waals surface area contributed by atoms with E-state index in [1.54, 1.807) is 23.1 Å². The quantitative estimate of drug-likeness (QED) is 0.502. The van der Waals surface area contributed by atoms with Crippen LogP contribution < -0.4 is 5.32 Å². The number of thiazole rings is 1. The van der Waals surface area contributed by atoms with E-state index in [-0.39, 0.29) is 17.5 Å². The van der Waals surface area contributed by atoms with Gasteiger partial charge in [-0.3, -0.25) is 9.47 Å². The molecule has 3 aromatic heterocycles. The molecule has 1 amide bonds. The summed E-state index contributed by atoms with van der Waals surface area (Å²) in [5.41, 5.74) is 1.48. The summed E-state index contributed by atoms with van der Waals surface area (Å²) in [7, 11) is 0. The molecular weight excluding hydrogens is 387 g/mol. The zero-order valence-corrected chi connectivity index (χ0v) is 15.5. The van der Waals surface area contributed by atoms with Gasteiger partial charge in [-0.25, -0.2) is 14.1 Å². The van der Waals surface area contributed by atoms with Crippen LogP contribution in [-0.4, -0.2) is 36.2 Å². The fraction of sp³-hybridized carbons (Fsp3) is 0.0588. The van der Waals surface area contributed by atoms with E-state index in [0.29, 0.717) is 16.0 Å². The van der Waals surface area contributed by atoms with Crippen LogP contribution in [0.3, 0.4) is 0 Å². The zero-order chi connectivity index (χ0) is 18.6. The molecule has 0 atom stereocenters. The average Bonchev–Trinajstić information content (AvgIpc) is 3.41. The van der Waals surface area contributed by atoms with Crippen LogP contribution in [0.2, 0.25) is 0 Å². The maximum Gasteiger partial charge on any atom is 0.236 e. The Morgan fingerprint density at radius 2 is 2.00 bits per heavy atom. The predicted octanol–water partition coefficient (Wildman–Crippen LogP) is 3.38. The van der Waals surface area contributed by atoms with Crippen LogP contribution in [-0.2, 0) is 4.79 Å². The number of aromatic nitrogens is 5. The van der Waals surface area contributed by atoms with Crippen molar-refractivity contribution in [1.29, 1.82) is 0 Å². The number of halogens is 1. The molecule has 3 heterocycles. The Kier molecular flexibility index (Phi) is 4.99. The Morgan fingerprint density at radius 1 is 1.22 bits per heavy atom. The largest absolute Gasteiger partial charge is 0.301 e. The highest BCUT2D eigenvalue weighted by atomic mass is 32.2. The van der Waals surface area contributed by atoms with E-state index in [2.05, 4.69) is 20.5 Å². The smallest absolute Gasteiger partial charge is 0.236 e. The summed E-state index contributed by atoms with van der Waals surface area (Å²) < 4.78 is 16.6. The van der Waals surface area contributed by atoms with E-state index in [1.165, 1.54) is 35.2 Å². The lowest BCUT2D eigenvalue weighted by molar-refractivity contribution is -0.113. The number of nitrogens with one attached hydrogen (secondary N) is 1. The molecule has 0 unspecified atom stereocenters. The predicted molar refractivity (Wildman–Crippen MR) is 102 cm³/mol. The van der Waals surface area contributed by atoms with Crippen molar-refractivity contribution in [3.8, 4) is 11.3 Å². The molecule has 0 aliphatic rings. The highest BCUT2D eigenvalue weighted by molar-refractivity contribution is 7.99. The molecule has 4 rings (SSSR count). The first-order valence-electron chi connectivity index (χ1n) is 7.87. The molecule has 7 nitrogen and oxygen atoms in total. The van der Waals surface area contributed by atoms with Gasteiger partial charge in [0.2, 0.25) is 11.1 Å². The molecular formula is C17H13FN6OS2. The summed E-state index contributed by atoms with van der Waals surface area (Å²) in [4.78, 5) is 16.6. The summed E-state index contributed by atoms with van der Waals surface area (Å²) in [6.07, 6.45) is 5.30. The molecule has 0 aliphatic heterocycles. The van der Waals surface area contributed by atoms with E-state index < -0.39 is 0 Å². The van der Waals surface area contributed by atoms with Crippen LogP contribution in [0.5, 0.6) is 0 Å². The molecule has 0 radical (unpaired) electrons. The average molecular weight is 400 g/mol. The van der Waals surface area contributed by atoms with Gasteiger partial charge < -0.3 is 5.32 Å². The summed E-state index contributed by atoms with van der Waals surface area (Å²) in [5, 5.41) is 13.6. The molecule has 1 N–H and O–H groups in total. The van der Waals surface area contributed by atoms with Gasteiger partial charge in [0.1, 0.15) is 12.1 Å². The molecule has 0 saturated heterocycles. The monoisotopic (exact) mass is 400 g/mol. The maximum atomic E-state index is 13.0. The number of hydrogen-bond acceptors (Lipinski definition) is 6. The van der Waals surface area contributed by atoms with Crippen molar-refractivity contribution in [1.82, 2.24) is 24.5 Å². The number of amides is 1. The first-order chi connectivity index (χ1) is 13.2. The third-order valence-electron chi connectivity index (χ3n) is 3.56. The van der Waals surface area contributed by atoms with E-state index in [1.807, 2.05) is 34.6 Å². The van der Waals surface area contributed by atoms with Gasteiger partial charge in [0, 0.05) is 23.3 Å². The Balaban J connectivity index is 1.37. The number of hydrogen-bond donors (Lipinski definition) is 1.